The first-order valence-electron chi connectivity index (χ1n) is 5.93. The summed E-state index contributed by atoms with van der Waals surface area (Å²) in [7, 11) is 0. The van der Waals surface area contributed by atoms with Crippen molar-refractivity contribution >= 4 is 23.3 Å². The maximum atomic E-state index is 6.41. The Labute approximate surface area is 108 Å². The van der Waals surface area contributed by atoms with Gasteiger partial charge in [-0.2, -0.15) is 0 Å². The van der Waals surface area contributed by atoms with Gasteiger partial charge in [0.05, 0.1) is 16.7 Å². The van der Waals surface area contributed by atoms with Gasteiger partial charge in [0.1, 0.15) is 0 Å². The lowest BCUT2D eigenvalue weighted by atomic mass is 9.93. The van der Waals surface area contributed by atoms with Gasteiger partial charge in [-0.05, 0) is 25.0 Å². The number of nitrogens with two attached hydrogens (primary N) is 1. The van der Waals surface area contributed by atoms with Gasteiger partial charge >= 0.3 is 0 Å². The van der Waals surface area contributed by atoms with Crippen LogP contribution in [-0.4, -0.2) is 4.98 Å². The van der Waals surface area contributed by atoms with E-state index < -0.39 is 0 Å². The molecule has 2 N–H and O–H groups in total. The standard InChI is InChI=1S/C14H16N2.ClH/c15-14(9-3-4-10-14)13-8-7-11-5-1-2-6-12(11)16-13;/h1-2,5-8H,3-4,9-10,15H2;1H. The second-order valence-electron chi connectivity index (χ2n) is 4.75. The van der Waals surface area contributed by atoms with Crippen molar-refractivity contribution < 1.29 is 0 Å². The average Bonchev–Trinajstić information content (AvgIpc) is 2.77. The van der Waals surface area contributed by atoms with Crippen LogP contribution in [0.4, 0.5) is 0 Å². The van der Waals surface area contributed by atoms with Crippen LogP contribution in [0.3, 0.4) is 0 Å². The van der Waals surface area contributed by atoms with Crippen molar-refractivity contribution in [2.24, 2.45) is 5.73 Å². The molecule has 0 spiro atoms. The Morgan fingerprint density at radius 3 is 2.47 bits per heavy atom. The molecule has 0 saturated heterocycles. The average molecular weight is 249 g/mol. The number of halogens is 1. The number of pyridine rings is 1. The molecule has 0 atom stereocenters. The molecule has 0 amide bonds. The SMILES string of the molecule is Cl.NC1(c2ccc3ccccc3n2)CCCC1. The van der Waals surface area contributed by atoms with Crippen molar-refractivity contribution in [3.8, 4) is 0 Å². The molecule has 1 aliphatic carbocycles. The monoisotopic (exact) mass is 248 g/mol. The number of benzene rings is 1. The Bertz CT molecular complexity index is 518. The number of fused-ring (bicyclic) bond motifs is 1. The minimum Gasteiger partial charge on any atom is -0.320 e. The lowest BCUT2D eigenvalue weighted by Crippen LogP contribution is -2.34. The van der Waals surface area contributed by atoms with E-state index in [9.17, 15) is 0 Å². The fourth-order valence-electron chi connectivity index (χ4n) is 2.61. The van der Waals surface area contributed by atoms with Gasteiger partial charge in [0.15, 0.2) is 0 Å². The summed E-state index contributed by atoms with van der Waals surface area (Å²) in [4.78, 5) is 4.70. The van der Waals surface area contributed by atoms with Crippen LogP contribution in [0.15, 0.2) is 36.4 Å². The van der Waals surface area contributed by atoms with E-state index in [-0.39, 0.29) is 17.9 Å². The third-order valence-corrected chi connectivity index (χ3v) is 3.60. The summed E-state index contributed by atoms with van der Waals surface area (Å²) in [5.41, 5.74) is 8.34. The Morgan fingerprint density at radius 1 is 1.00 bits per heavy atom. The van der Waals surface area contributed by atoms with Crippen LogP contribution in [0.25, 0.3) is 10.9 Å². The van der Waals surface area contributed by atoms with E-state index in [1.165, 1.54) is 18.2 Å². The van der Waals surface area contributed by atoms with Crippen LogP contribution >= 0.6 is 12.4 Å². The highest BCUT2D eigenvalue weighted by Crippen LogP contribution is 2.35. The topological polar surface area (TPSA) is 38.9 Å². The molecule has 0 unspecified atom stereocenters. The summed E-state index contributed by atoms with van der Waals surface area (Å²) in [5.74, 6) is 0. The molecule has 90 valence electrons. The molecule has 1 aromatic carbocycles. The minimum absolute atomic E-state index is 0. The predicted molar refractivity (Wildman–Crippen MR) is 73.3 cm³/mol. The highest BCUT2D eigenvalue weighted by Gasteiger charge is 2.32. The summed E-state index contributed by atoms with van der Waals surface area (Å²) >= 11 is 0. The van der Waals surface area contributed by atoms with Gasteiger partial charge in [0.25, 0.3) is 0 Å². The molecule has 2 nitrogen and oxygen atoms in total. The maximum absolute atomic E-state index is 6.41. The highest BCUT2D eigenvalue weighted by atomic mass is 35.5. The Balaban J connectivity index is 0.00000108. The summed E-state index contributed by atoms with van der Waals surface area (Å²) in [5, 5.41) is 1.19. The summed E-state index contributed by atoms with van der Waals surface area (Å²) in [6.07, 6.45) is 4.59. The van der Waals surface area contributed by atoms with Crippen molar-refractivity contribution in [3.63, 3.8) is 0 Å². The highest BCUT2D eigenvalue weighted by molar-refractivity contribution is 5.85. The molecule has 1 aromatic heterocycles. The number of nitrogens with zero attached hydrogens (tertiary/aromatic N) is 1. The van der Waals surface area contributed by atoms with E-state index in [1.54, 1.807) is 0 Å². The zero-order valence-electron chi connectivity index (χ0n) is 9.73. The fraction of sp³-hybridized carbons (Fsp3) is 0.357. The normalized spacial score (nSPS) is 17.9. The van der Waals surface area contributed by atoms with Crippen LogP contribution in [-0.2, 0) is 5.54 Å². The summed E-state index contributed by atoms with van der Waals surface area (Å²) < 4.78 is 0. The lowest BCUT2D eigenvalue weighted by Gasteiger charge is -2.23. The minimum atomic E-state index is -0.177. The van der Waals surface area contributed by atoms with Crippen LogP contribution < -0.4 is 5.73 Å². The van der Waals surface area contributed by atoms with Gasteiger partial charge in [-0.1, -0.05) is 37.1 Å². The molecule has 17 heavy (non-hydrogen) atoms. The Kier molecular flexibility index (Phi) is 3.36. The Hall–Kier alpha value is -1.12. The molecule has 0 bridgehead atoms. The van der Waals surface area contributed by atoms with Crippen LogP contribution in [0.5, 0.6) is 0 Å². The largest absolute Gasteiger partial charge is 0.320 e. The molecule has 1 aliphatic rings. The first kappa shape index (κ1) is 12.3. The maximum Gasteiger partial charge on any atom is 0.0706 e. The quantitative estimate of drug-likeness (QED) is 0.840. The van der Waals surface area contributed by atoms with Gasteiger partial charge in [0.2, 0.25) is 0 Å². The van der Waals surface area contributed by atoms with Gasteiger partial charge in [-0.3, -0.25) is 4.98 Å². The molecule has 1 fully saturated rings. The number of hydrogen-bond donors (Lipinski definition) is 1. The fourth-order valence-corrected chi connectivity index (χ4v) is 2.61. The molecule has 1 heterocycles. The second-order valence-corrected chi connectivity index (χ2v) is 4.75. The molecular weight excluding hydrogens is 232 g/mol. The Morgan fingerprint density at radius 2 is 1.71 bits per heavy atom. The van der Waals surface area contributed by atoms with E-state index in [0.29, 0.717) is 0 Å². The first-order valence-corrected chi connectivity index (χ1v) is 5.93. The van der Waals surface area contributed by atoms with E-state index >= 15 is 0 Å². The van der Waals surface area contributed by atoms with Crippen molar-refractivity contribution in [3.05, 3.63) is 42.1 Å². The number of rotatable bonds is 1. The predicted octanol–water partition coefficient (Wildman–Crippen LogP) is 3.38. The molecule has 2 aromatic rings. The van der Waals surface area contributed by atoms with Gasteiger partial charge in [0, 0.05) is 5.39 Å². The summed E-state index contributed by atoms with van der Waals surface area (Å²) in [6, 6.07) is 12.4. The number of aromatic nitrogens is 1. The third-order valence-electron chi connectivity index (χ3n) is 3.60. The first-order chi connectivity index (χ1) is 7.78. The molecule has 1 saturated carbocycles. The van der Waals surface area contributed by atoms with Crippen molar-refractivity contribution in [2.75, 3.05) is 0 Å². The van der Waals surface area contributed by atoms with Crippen LogP contribution in [0.1, 0.15) is 31.4 Å². The van der Waals surface area contributed by atoms with E-state index in [4.69, 9.17) is 10.7 Å². The second kappa shape index (κ2) is 4.63. The van der Waals surface area contributed by atoms with Crippen molar-refractivity contribution in [1.29, 1.82) is 0 Å². The van der Waals surface area contributed by atoms with Crippen LogP contribution in [0, 0.1) is 0 Å². The van der Waals surface area contributed by atoms with Gasteiger partial charge in [-0.25, -0.2) is 0 Å². The molecular formula is C14H17ClN2. The number of hydrogen-bond acceptors (Lipinski definition) is 2. The van der Waals surface area contributed by atoms with Crippen molar-refractivity contribution in [1.82, 2.24) is 4.98 Å². The molecule has 3 rings (SSSR count). The van der Waals surface area contributed by atoms with E-state index in [0.717, 1.165) is 24.1 Å². The smallest absolute Gasteiger partial charge is 0.0706 e. The van der Waals surface area contributed by atoms with E-state index in [1.807, 2.05) is 12.1 Å². The molecule has 0 aliphatic heterocycles. The zero-order valence-corrected chi connectivity index (χ0v) is 10.5. The van der Waals surface area contributed by atoms with Crippen LogP contribution in [0.2, 0.25) is 0 Å². The van der Waals surface area contributed by atoms with E-state index in [2.05, 4.69) is 24.3 Å². The zero-order chi connectivity index (χ0) is 11.0. The third kappa shape index (κ3) is 2.15. The van der Waals surface area contributed by atoms with Crippen molar-refractivity contribution in [2.45, 2.75) is 31.2 Å². The lowest BCUT2D eigenvalue weighted by molar-refractivity contribution is 0.449. The molecule has 0 radical (unpaired) electrons. The molecule has 3 heteroatoms. The summed E-state index contributed by atoms with van der Waals surface area (Å²) in [6.45, 7) is 0. The number of para-hydroxylation sites is 1. The van der Waals surface area contributed by atoms with Gasteiger partial charge < -0.3 is 5.73 Å². The van der Waals surface area contributed by atoms with Gasteiger partial charge in [-0.15, -0.1) is 12.4 Å².